The van der Waals surface area contributed by atoms with Crippen LogP contribution in [-0.4, -0.2) is 11.5 Å². The van der Waals surface area contributed by atoms with E-state index in [1.807, 2.05) is 26.0 Å². The number of rotatable bonds is 0. The largest absolute Gasteiger partial charge is 0.417 e. The van der Waals surface area contributed by atoms with Crippen LogP contribution in [-0.2, 0) is 6.42 Å². The highest BCUT2D eigenvalue weighted by Crippen LogP contribution is 2.20. The Hall–Kier alpha value is -2.49. The molecule has 1 aliphatic heterocycles. The summed E-state index contributed by atoms with van der Waals surface area (Å²) in [6.07, 6.45) is 3.86. The second-order valence-electron chi connectivity index (χ2n) is 5.05. The molecule has 122 valence electrons. The molecule has 0 saturated heterocycles. The highest BCUT2D eigenvalue weighted by atomic mass is 16.4. The van der Waals surface area contributed by atoms with E-state index in [4.69, 9.17) is 4.42 Å². The van der Waals surface area contributed by atoms with Gasteiger partial charge in [-0.3, -0.25) is 4.98 Å². The molecule has 0 saturated carbocycles. The molecular weight excluding hydrogens is 288 g/mol. The number of benzene rings is 2. The molecule has 2 aromatic carbocycles. The summed E-state index contributed by atoms with van der Waals surface area (Å²) in [6.45, 7) is 5.14. The van der Waals surface area contributed by atoms with Gasteiger partial charge in [0, 0.05) is 12.2 Å². The Kier molecular flexibility index (Phi) is 6.48. The number of hydrogen-bond donors (Lipinski definition) is 2. The molecule has 0 aliphatic carbocycles. The van der Waals surface area contributed by atoms with Gasteiger partial charge in [0.05, 0.1) is 5.52 Å². The molecule has 4 nitrogen and oxygen atoms in total. The normalized spacial score (nSPS) is 12.6. The van der Waals surface area contributed by atoms with Gasteiger partial charge in [-0.2, -0.15) is 0 Å². The van der Waals surface area contributed by atoms with Crippen molar-refractivity contribution in [2.45, 2.75) is 33.1 Å². The van der Waals surface area contributed by atoms with Crippen molar-refractivity contribution in [2.24, 2.45) is 0 Å². The number of fused-ring (bicyclic) bond motifs is 2. The summed E-state index contributed by atoms with van der Waals surface area (Å²) in [4.78, 5) is 13.1. The summed E-state index contributed by atoms with van der Waals surface area (Å²) in [5.41, 5.74) is 4.16. The lowest BCUT2D eigenvalue weighted by Crippen LogP contribution is -1.98. The van der Waals surface area contributed by atoms with E-state index >= 15 is 0 Å². The van der Waals surface area contributed by atoms with Crippen LogP contribution in [0.4, 0.5) is 5.69 Å². The minimum Gasteiger partial charge on any atom is -0.408 e. The summed E-state index contributed by atoms with van der Waals surface area (Å²) in [7, 11) is 0. The van der Waals surface area contributed by atoms with E-state index < -0.39 is 5.76 Å². The molecule has 3 aromatic rings. The molecule has 0 amide bonds. The Morgan fingerprint density at radius 1 is 0.957 bits per heavy atom. The van der Waals surface area contributed by atoms with Crippen LogP contribution in [0.1, 0.15) is 32.3 Å². The van der Waals surface area contributed by atoms with Gasteiger partial charge in [0.15, 0.2) is 5.58 Å². The molecule has 0 radical (unpaired) electrons. The first-order valence-corrected chi connectivity index (χ1v) is 8.22. The van der Waals surface area contributed by atoms with Crippen LogP contribution >= 0.6 is 0 Å². The number of aromatic amines is 1. The number of aryl methyl sites for hydroxylation is 1. The average Bonchev–Trinajstić information content (AvgIpc) is 2.82. The smallest absolute Gasteiger partial charge is 0.408 e. The molecule has 0 spiro atoms. The van der Waals surface area contributed by atoms with Crippen LogP contribution in [0.5, 0.6) is 0 Å². The zero-order valence-electron chi connectivity index (χ0n) is 13.8. The van der Waals surface area contributed by atoms with Crippen LogP contribution < -0.4 is 11.1 Å². The summed E-state index contributed by atoms with van der Waals surface area (Å²) >= 11 is 0. The Balaban J connectivity index is 0.000000152. The number of aromatic nitrogens is 1. The maximum absolute atomic E-state index is 10.6. The average molecular weight is 312 g/mol. The third kappa shape index (κ3) is 4.74. The molecule has 1 aromatic heterocycles. The first-order valence-electron chi connectivity index (χ1n) is 8.22. The number of hydrogen-bond acceptors (Lipinski definition) is 3. The third-order valence-corrected chi connectivity index (χ3v) is 3.53. The van der Waals surface area contributed by atoms with Crippen molar-refractivity contribution in [3.05, 3.63) is 64.6 Å². The maximum atomic E-state index is 10.6. The molecule has 2 heterocycles. The van der Waals surface area contributed by atoms with Crippen molar-refractivity contribution in [1.29, 1.82) is 0 Å². The van der Waals surface area contributed by atoms with E-state index in [1.165, 1.54) is 30.5 Å². The van der Waals surface area contributed by atoms with E-state index in [-0.39, 0.29) is 0 Å². The van der Waals surface area contributed by atoms with E-state index in [1.54, 1.807) is 12.1 Å². The van der Waals surface area contributed by atoms with Crippen molar-refractivity contribution in [1.82, 2.24) is 4.98 Å². The molecule has 23 heavy (non-hydrogen) atoms. The second kappa shape index (κ2) is 8.83. The monoisotopic (exact) mass is 312 g/mol. The van der Waals surface area contributed by atoms with Gasteiger partial charge < -0.3 is 9.73 Å². The van der Waals surface area contributed by atoms with Gasteiger partial charge in [0.2, 0.25) is 0 Å². The van der Waals surface area contributed by atoms with Gasteiger partial charge in [0.25, 0.3) is 0 Å². The lowest BCUT2D eigenvalue weighted by Gasteiger charge is -2.04. The lowest BCUT2D eigenvalue weighted by atomic mass is 10.1. The van der Waals surface area contributed by atoms with E-state index in [2.05, 4.69) is 34.6 Å². The number of para-hydroxylation sites is 3. The summed E-state index contributed by atoms with van der Waals surface area (Å²) in [5.74, 6) is -0.402. The Bertz CT molecular complexity index is 713. The minimum atomic E-state index is -0.402. The molecule has 0 fully saturated rings. The molecule has 0 bridgehead atoms. The number of anilines is 1. The second-order valence-corrected chi connectivity index (χ2v) is 5.05. The van der Waals surface area contributed by atoms with E-state index in [0.29, 0.717) is 5.58 Å². The van der Waals surface area contributed by atoms with Gasteiger partial charge in [-0.15, -0.1) is 0 Å². The zero-order chi connectivity index (χ0) is 16.5. The molecule has 4 rings (SSSR count). The Morgan fingerprint density at radius 3 is 2.52 bits per heavy atom. The van der Waals surface area contributed by atoms with Crippen LogP contribution in [0.3, 0.4) is 0 Å². The van der Waals surface area contributed by atoms with Crippen molar-refractivity contribution in [3.63, 3.8) is 0 Å². The quantitative estimate of drug-likeness (QED) is 0.638. The van der Waals surface area contributed by atoms with Crippen LogP contribution in [0.2, 0.25) is 0 Å². The van der Waals surface area contributed by atoms with Gasteiger partial charge in [0.1, 0.15) is 0 Å². The van der Waals surface area contributed by atoms with Crippen molar-refractivity contribution >= 4 is 16.8 Å². The molecular formula is C19H24N2O2. The van der Waals surface area contributed by atoms with Gasteiger partial charge in [-0.25, -0.2) is 4.79 Å². The molecule has 4 heteroatoms. The summed E-state index contributed by atoms with van der Waals surface area (Å²) in [5, 5.41) is 3.43. The van der Waals surface area contributed by atoms with Gasteiger partial charge in [-0.1, -0.05) is 44.2 Å². The summed E-state index contributed by atoms with van der Waals surface area (Å²) in [6, 6.07) is 15.8. The third-order valence-electron chi connectivity index (χ3n) is 3.53. The first-order chi connectivity index (χ1) is 11.3. The number of H-pyrrole nitrogens is 1. The fourth-order valence-corrected chi connectivity index (χ4v) is 2.47. The van der Waals surface area contributed by atoms with Gasteiger partial charge in [-0.05, 0) is 43.0 Å². The topological polar surface area (TPSA) is 58.0 Å². The standard InChI is InChI=1S/C10H13N.C7H5NO2.C2H6/c1-2-7-10-9(5-1)6-3-4-8-11-10;9-7-8-5-3-1-2-4-6(5)10-7;1-2/h1-2,5,7,11H,3-4,6,8H2;1-4H,(H,8,9);1-2H3. The maximum Gasteiger partial charge on any atom is 0.417 e. The number of oxazole rings is 1. The fourth-order valence-electron chi connectivity index (χ4n) is 2.47. The molecule has 0 unspecified atom stereocenters. The van der Waals surface area contributed by atoms with Crippen LogP contribution in [0.15, 0.2) is 57.7 Å². The number of nitrogens with one attached hydrogen (secondary N) is 2. The van der Waals surface area contributed by atoms with Gasteiger partial charge >= 0.3 is 5.76 Å². The summed E-state index contributed by atoms with van der Waals surface area (Å²) < 4.78 is 4.76. The SMILES string of the molecule is CC.O=c1[nH]c2ccccc2o1.c1ccc2c(c1)CCCCN2. The highest BCUT2D eigenvalue weighted by Gasteiger charge is 2.04. The fraction of sp³-hybridized carbons (Fsp3) is 0.316. The van der Waals surface area contributed by atoms with E-state index in [9.17, 15) is 4.79 Å². The lowest BCUT2D eigenvalue weighted by molar-refractivity contribution is 0.555. The predicted octanol–water partition coefficient (Wildman–Crippen LogP) is 4.58. The highest BCUT2D eigenvalue weighted by molar-refractivity contribution is 5.71. The molecule has 1 aliphatic rings. The van der Waals surface area contributed by atoms with Crippen molar-refractivity contribution < 1.29 is 4.42 Å². The van der Waals surface area contributed by atoms with Crippen LogP contribution in [0.25, 0.3) is 11.1 Å². The first kappa shape index (κ1) is 16.9. The predicted molar refractivity (Wildman–Crippen MR) is 96.1 cm³/mol. The Morgan fingerprint density at radius 2 is 1.70 bits per heavy atom. The van der Waals surface area contributed by atoms with Crippen LogP contribution in [0, 0.1) is 0 Å². The molecule has 2 N–H and O–H groups in total. The van der Waals surface area contributed by atoms with E-state index in [0.717, 1.165) is 12.1 Å². The minimum absolute atomic E-state index is 0.402. The van der Waals surface area contributed by atoms with Crippen molar-refractivity contribution in [3.8, 4) is 0 Å². The Labute approximate surface area is 136 Å². The zero-order valence-corrected chi connectivity index (χ0v) is 13.8. The molecule has 0 atom stereocenters. The van der Waals surface area contributed by atoms with Crippen molar-refractivity contribution in [2.75, 3.05) is 11.9 Å².